The van der Waals surface area contributed by atoms with Crippen molar-refractivity contribution >= 4 is 48.0 Å². The number of allylic oxidation sites excluding steroid dienone is 1. The zero-order valence-electron chi connectivity index (χ0n) is 24.0. The van der Waals surface area contributed by atoms with Gasteiger partial charge in [-0.15, -0.1) is 0 Å². The maximum Gasteiger partial charge on any atom is 0.475 e. The molecule has 0 bridgehead atoms. The molecule has 0 saturated carbocycles. The summed E-state index contributed by atoms with van der Waals surface area (Å²) in [5.74, 6) is -2.83. The minimum Gasteiger partial charge on any atom is -0.426 e. The number of carbonyl (C=O) groups excluding carboxylic acids is 3. The van der Waals surface area contributed by atoms with E-state index in [9.17, 15) is 29.7 Å². The van der Waals surface area contributed by atoms with E-state index in [1.807, 2.05) is 26.0 Å². The van der Waals surface area contributed by atoms with Crippen LogP contribution in [0.25, 0.3) is 0 Å². The summed E-state index contributed by atoms with van der Waals surface area (Å²) in [6.45, 7) is 3.99. The van der Waals surface area contributed by atoms with Gasteiger partial charge in [0.05, 0.1) is 35.8 Å². The summed E-state index contributed by atoms with van der Waals surface area (Å²) < 4.78 is 5.87. The molecule has 3 atom stereocenters. The molecule has 1 aliphatic rings. The molecule has 1 saturated heterocycles. The molecule has 0 aliphatic carbocycles. The summed E-state index contributed by atoms with van der Waals surface area (Å²) in [6.07, 6.45) is 3.11. The zero-order chi connectivity index (χ0) is 31.5. The van der Waals surface area contributed by atoms with Gasteiger partial charge in [-0.2, -0.15) is 5.26 Å². The highest BCUT2D eigenvalue weighted by molar-refractivity contribution is 6.43. The van der Waals surface area contributed by atoms with Gasteiger partial charge in [0.1, 0.15) is 17.7 Å². The molecule has 1 aliphatic heterocycles. The SMILES string of the molecule is CC(C)C=C(C#N)C(=O)N1CCCC1COCC(NC(=O)c1cc(Cl)ccc1Cl)C(=O)N[C@@H](Cc1ccccc1)B(O)O. The van der Waals surface area contributed by atoms with Crippen molar-refractivity contribution in [1.29, 1.82) is 5.26 Å². The van der Waals surface area contributed by atoms with Crippen LogP contribution in [-0.4, -0.2) is 77.6 Å². The standard InChI is InChI=1S/C30H35BCl2N4O6/c1-19(2)13-21(16-34)30(40)37-12-6-9-23(37)17-43-18-26(35-28(38)24-15-22(32)10-11-25(24)33)29(39)36-27(31(41)42)14-20-7-4-3-5-8-20/h3-5,7-8,10-11,13,15,19,23,26-27,41-42H,6,9,12,14,17-18H2,1-2H3,(H,35,38)(H,36,39)/t23?,26?,27-/m0/s1. The molecule has 2 aromatic carbocycles. The van der Waals surface area contributed by atoms with Crippen LogP contribution >= 0.6 is 23.2 Å². The van der Waals surface area contributed by atoms with E-state index in [0.717, 1.165) is 12.0 Å². The van der Waals surface area contributed by atoms with Crippen LogP contribution in [0.1, 0.15) is 42.6 Å². The second-order valence-electron chi connectivity index (χ2n) is 10.6. The van der Waals surface area contributed by atoms with E-state index < -0.39 is 30.9 Å². The summed E-state index contributed by atoms with van der Waals surface area (Å²) in [5.41, 5.74) is 0.873. The maximum absolute atomic E-state index is 13.4. The Morgan fingerprint density at radius 1 is 1.16 bits per heavy atom. The fourth-order valence-corrected chi connectivity index (χ4v) is 5.09. The molecule has 0 aromatic heterocycles. The number of nitriles is 1. The minimum absolute atomic E-state index is 0.0231. The lowest BCUT2D eigenvalue weighted by Crippen LogP contribution is -2.56. The van der Waals surface area contributed by atoms with Crippen LogP contribution < -0.4 is 10.6 Å². The van der Waals surface area contributed by atoms with Crippen molar-refractivity contribution in [3.63, 3.8) is 0 Å². The Hall–Kier alpha value is -3.40. The Morgan fingerprint density at radius 2 is 1.88 bits per heavy atom. The van der Waals surface area contributed by atoms with E-state index in [0.29, 0.717) is 13.0 Å². The van der Waals surface area contributed by atoms with Crippen LogP contribution in [-0.2, 0) is 20.7 Å². The van der Waals surface area contributed by atoms with E-state index >= 15 is 0 Å². The smallest absolute Gasteiger partial charge is 0.426 e. The van der Waals surface area contributed by atoms with E-state index in [1.54, 1.807) is 35.2 Å². The van der Waals surface area contributed by atoms with Gasteiger partial charge in [-0.1, -0.05) is 73.5 Å². The van der Waals surface area contributed by atoms with E-state index in [2.05, 4.69) is 10.6 Å². The van der Waals surface area contributed by atoms with E-state index in [-0.39, 0.29) is 58.7 Å². The number of ether oxygens (including phenoxy) is 1. The van der Waals surface area contributed by atoms with Crippen molar-refractivity contribution in [1.82, 2.24) is 15.5 Å². The molecule has 2 aromatic rings. The minimum atomic E-state index is -1.88. The highest BCUT2D eigenvalue weighted by Crippen LogP contribution is 2.22. The molecule has 2 unspecified atom stereocenters. The highest BCUT2D eigenvalue weighted by atomic mass is 35.5. The van der Waals surface area contributed by atoms with Crippen molar-refractivity contribution in [2.75, 3.05) is 19.8 Å². The molecule has 10 nitrogen and oxygen atoms in total. The lowest BCUT2D eigenvalue weighted by atomic mass is 9.76. The molecular weight excluding hydrogens is 594 g/mol. The van der Waals surface area contributed by atoms with Crippen molar-refractivity contribution < 1.29 is 29.2 Å². The molecule has 4 N–H and O–H groups in total. The van der Waals surface area contributed by atoms with Crippen LogP contribution in [0.4, 0.5) is 0 Å². The lowest BCUT2D eigenvalue weighted by Gasteiger charge is -2.26. The largest absolute Gasteiger partial charge is 0.475 e. The molecule has 1 fully saturated rings. The third-order valence-electron chi connectivity index (χ3n) is 6.86. The number of halogens is 2. The second-order valence-corrected chi connectivity index (χ2v) is 11.5. The Balaban J connectivity index is 1.74. The summed E-state index contributed by atoms with van der Waals surface area (Å²) >= 11 is 12.2. The number of nitrogens with one attached hydrogen (secondary N) is 2. The Labute approximate surface area is 261 Å². The normalized spacial score (nSPS) is 16.4. The predicted molar refractivity (Wildman–Crippen MR) is 164 cm³/mol. The number of benzene rings is 2. The van der Waals surface area contributed by atoms with Crippen LogP contribution in [0.15, 0.2) is 60.2 Å². The van der Waals surface area contributed by atoms with Crippen LogP contribution in [0, 0.1) is 17.2 Å². The average molecular weight is 629 g/mol. The molecule has 13 heteroatoms. The molecule has 228 valence electrons. The molecule has 3 amide bonds. The fourth-order valence-electron chi connectivity index (χ4n) is 4.72. The number of carbonyl (C=O) groups is 3. The van der Waals surface area contributed by atoms with Crippen molar-refractivity contribution in [3.8, 4) is 6.07 Å². The van der Waals surface area contributed by atoms with Crippen LogP contribution in [0.2, 0.25) is 10.0 Å². The van der Waals surface area contributed by atoms with Gasteiger partial charge in [-0.25, -0.2) is 0 Å². The summed E-state index contributed by atoms with van der Waals surface area (Å²) in [4.78, 5) is 41.1. The van der Waals surface area contributed by atoms with Crippen molar-refractivity contribution in [3.05, 3.63) is 81.4 Å². The molecular formula is C30H35BCl2N4O6. The predicted octanol–water partition coefficient (Wildman–Crippen LogP) is 2.94. The van der Waals surface area contributed by atoms with Gasteiger partial charge in [0, 0.05) is 11.6 Å². The van der Waals surface area contributed by atoms with Crippen molar-refractivity contribution in [2.24, 2.45) is 5.92 Å². The molecule has 0 radical (unpaired) electrons. The van der Waals surface area contributed by atoms with Crippen LogP contribution in [0.5, 0.6) is 0 Å². The second kappa shape index (κ2) is 16.5. The molecule has 1 heterocycles. The number of likely N-dealkylation sites (tertiary alicyclic amines) is 1. The van der Waals surface area contributed by atoms with Gasteiger partial charge in [0.15, 0.2) is 0 Å². The molecule has 0 spiro atoms. The quantitative estimate of drug-likeness (QED) is 0.151. The van der Waals surface area contributed by atoms with Gasteiger partial charge in [-0.05, 0) is 48.9 Å². The van der Waals surface area contributed by atoms with Gasteiger partial charge >= 0.3 is 7.12 Å². The summed E-state index contributed by atoms with van der Waals surface area (Å²) in [6, 6.07) is 13.7. The number of nitrogens with zero attached hydrogens (tertiary/aromatic N) is 2. The van der Waals surface area contributed by atoms with Crippen molar-refractivity contribution in [2.45, 2.75) is 51.1 Å². The van der Waals surface area contributed by atoms with Gasteiger partial charge < -0.3 is 30.3 Å². The van der Waals surface area contributed by atoms with Crippen LogP contribution in [0.3, 0.4) is 0 Å². The monoisotopic (exact) mass is 628 g/mol. The molecule has 43 heavy (non-hydrogen) atoms. The third-order valence-corrected chi connectivity index (χ3v) is 7.43. The zero-order valence-corrected chi connectivity index (χ0v) is 25.5. The first-order valence-electron chi connectivity index (χ1n) is 14.0. The van der Waals surface area contributed by atoms with Gasteiger partial charge in [-0.3, -0.25) is 14.4 Å². The first-order valence-corrected chi connectivity index (χ1v) is 14.7. The number of hydrogen-bond donors (Lipinski definition) is 4. The Morgan fingerprint density at radius 3 is 2.53 bits per heavy atom. The highest BCUT2D eigenvalue weighted by Gasteiger charge is 2.33. The van der Waals surface area contributed by atoms with Gasteiger partial charge in [0.25, 0.3) is 11.8 Å². The van der Waals surface area contributed by atoms with E-state index in [4.69, 9.17) is 27.9 Å². The first-order chi connectivity index (χ1) is 20.5. The topological polar surface area (TPSA) is 152 Å². The fraction of sp³-hybridized carbons (Fsp3) is 0.400. The van der Waals surface area contributed by atoms with Gasteiger partial charge in [0.2, 0.25) is 5.91 Å². The first kappa shape index (κ1) is 34.1. The summed E-state index contributed by atoms with van der Waals surface area (Å²) in [7, 11) is -1.88. The summed E-state index contributed by atoms with van der Waals surface area (Å²) in [5, 5.41) is 35.0. The maximum atomic E-state index is 13.4. The number of amides is 3. The molecule has 3 rings (SSSR count). The Kier molecular flexibility index (Phi) is 13.0. The lowest BCUT2D eigenvalue weighted by molar-refractivity contribution is -0.130. The number of hydrogen-bond acceptors (Lipinski definition) is 7. The Bertz CT molecular complexity index is 1350. The van der Waals surface area contributed by atoms with E-state index in [1.165, 1.54) is 18.2 Å². The average Bonchev–Trinajstić information content (AvgIpc) is 3.44. The number of rotatable bonds is 13. The third kappa shape index (κ3) is 10.1.